The maximum atomic E-state index is 11.0. The first-order valence-corrected chi connectivity index (χ1v) is 5.05. The fraction of sp³-hybridized carbons (Fsp3) is 0.333. The average molecular weight is 200 g/mol. The molecule has 0 amide bonds. The minimum absolute atomic E-state index is 0.481. The van der Waals surface area contributed by atoms with Crippen molar-refractivity contribution in [2.45, 2.75) is 4.90 Å². The molecule has 0 fully saturated rings. The highest BCUT2D eigenvalue weighted by Gasteiger charge is 2.19. The summed E-state index contributed by atoms with van der Waals surface area (Å²) in [7, 11) is 5.89. The minimum Gasteiger partial charge on any atom is -0.302 e. The Hall–Kier alpha value is -0.710. The maximum Gasteiger partial charge on any atom is 0.192 e. The molecule has 0 saturated carbocycles. The first-order chi connectivity index (χ1) is 5.93. The van der Waals surface area contributed by atoms with Crippen LogP contribution in [0.1, 0.15) is 0 Å². The van der Waals surface area contributed by atoms with Gasteiger partial charge in [-0.05, 0) is 6.07 Å². The van der Waals surface area contributed by atoms with Crippen LogP contribution >= 0.6 is 0 Å². The van der Waals surface area contributed by atoms with Crippen molar-refractivity contribution < 1.29 is 8.76 Å². The molecule has 0 spiro atoms. The number of hydrogen-bond acceptors (Lipinski definition) is 1. The van der Waals surface area contributed by atoms with Gasteiger partial charge < -0.3 is 4.55 Å². The molecule has 1 N–H and O–H groups in total. The highest BCUT2D eigenvalue weighted by atomic mass is 32.2. The lowest BCUT2D eigenvalue weighted by molar-refractivity contribution is 0.474. The number of rotatable bonds is 2. The van der Waals surface area contributed by atoms with Crippen LogP contribution in [0.5, 0.6) is 0 Å². The van der Waals surface area contributed by atoms with Gasteiger partial charge in [-0.2, -0.15) is 0 Å². The van der Waals surface area contributed by atoms with Crippen LogP contribution in [-0.2, 0) is 11.1 Å². The van der Waals surface area contributed by atoms with Gasteiger partial charge in [0.05, 0.1) is 21.1 Å². The Balaban J connectivity index is 3.28. The molecule has 0 aliphatic heterocycles. The van der Waals surface area contributed by atoms with E-state index in [4.69, 9.17) is 4.55 Å². The summed E-state index contributed by atoms with van der Waals surface area (Å²) in [6, 6.07) is 7.18. The van der Waals surface area contributed by atoms with Gasteiger partial charge in [0.25, 0.3) is 0 Å². The Morgan fingerprint density at radius 2 is 1.77 bits per heavy atom. The topological polar surface area (TPSA) is 37.3 Å². The molecule has 0 radical (unpaired) electrons. The molecular weight excluding hydrogens is 186 g/mol. The molecule has 0 heterocycles. The van der Waals surface area contributed by atoms with E-state index in [1.807, 2.05) is 33.3 Å². The van der Waals surface area contributed by atoms with Crippen LogP contribution in [0.2, 0.25) is 0 Å². The summed E-state index contributed by atoms with van der Waals surface area (Å²) in [5, 5.41) is 0. The van der Waals surface area contributed by atoms with Crippen molar-refractivity contribution in [3.63, 3.8) is 0 Å². The molecular formula is C9H14NO2S+. The Bertz CT molecular complexity index is 331. The van der Waals surface area contributed by atoms with Gasteiger partial charge in [-0.25, -0.2) is 4.21 Å². The Morgan fingerprint density at radius 3 is 2.15 bits per heavy atom. The van der Waals surface area contributed by atoms with E-state index in [1.165, 1.54) is 0 Å². The zero-order chi connectivity index (χ0) is 10.1. The number of hydrogen-bond donors (Lipinski definition) is 1. The molecule has 72 valence electrons. The molecule has 13 heavy (non-hydrogen) atoms. The third kappa shape index (κ3) is 2.37. The van der Waals surface area contributed by atoms with E-state index >= 15 is 0 Å². The van der Waals surface area contributed by atoms with E-state index in [-0.39, 0.29) is 0 Å². The highest BCUT2D eigenvalue weighted by Crippen LogP contribution is 2.24. The molecule has 1 aromatic carbocycles. The van der Waals surface area contributed by atoms with Crippen LogP contribution in [0.25, 0.3) is 0 Å². The van der Waals surface area contributed by atoms with Gasteiger partial charge in [0.2, 0.25) is 0 Å². The van der Waals surface area contributed by atoms with Crippen molar-refractivity contribution in [3.8, 4) is 0 Å². The summed E-state index contributed by atoms with van der Waals surface area (Å²) in [5.41, 5.74) is 0.864. The van der Waals surface area contributed by atoms with Crippen molar-refractivity contribution in [1.82, 2.24) is 4.48 Å². The van der Waals surface area contributed by atoms with Gasteiger partial charge in [0.1, 0.15) is 4.90 Å². The quantitative estimate of drug-likeness (QED) is 0.579. The van der Waals surface area contributed by atoms with E-state index in [0.29, 0.717) is 9.38 Å². The van der Waals surface area contributed by atoms with Crippen molar-refractivity contribution in [2.24, 2.45) is 0 Å². The summed E-state index contributed by atoms with van der Waals surface area (Å²) >= 11 is -1.90. The molecule has 1 unspecified atom stereocenters. The summed E-state index contributed by atoms with van der Waals surface area (Å²) in [6.45, 7) is 0. The van der Waals surface area contributed by atoms with Gasteiger partial charge in [-0.1, -0.05) is 12.1 Å². The molecule has 0 saturated heterocycles. The summed E-state index contributed by atoms with van der Waals surface area (Å²) in [4.78, 5) is 0.481. The van der Waals surface area contributed by atoms with Crippen LogP contribution in [0.15, 0.2) is 29.2 Å². The normalized spacial score (nSPS) is 14.2. The molecule has 3 nitrogen and oxygen atoms in total. The monoisotopic (exact) mass is 200 g/mol. The number of benzene rings is 1. The molecule has 1 aromatic rings. The first-order valence-electron chi connectivity index (χ1n) is 3.95. The minimum atomic E-state index is -1.90. The molecule has 0 bridgehead atoms. The van der Waals surface area contributed by atoms with E-state index in [1.54, 1.807) is 12.1 Å². The third-order valence-corrected chi connectivity index (χ3v) is 2.50. The Labute approximate surface area is 80.9 Å². The lowest BCUT2D eigenvalue weighted by Crippen LogP contribution is -2.35. The van der Waals surface area contributed by atoms with Crippen molar-refractivity contribution in [3.05, 3.63) is 24.3 Å². The van der Waals surface area contributed by atoms with Crippen molar-refractivity contribution in [2.75, 3.05) is 21.1 Å². The van der Waals surface area contributed by atoms with E-state index in [2.05, 4.69) is 0 Å². The van der Waals surface area contributed by atoms with Gasteiger partial charge >= 0.3 is 0 Å². The van der Waals surface area contributed by atoms with E-state index < -0.39 is 11.1 Å². The molecule has 4 heteroatoms. The predicted molar refractivity (Wildman–Crippen MR) is 55.0 cm³/mol. The van der Waals surface area contributed by atoms with Crippen LogP contribution in [-0.4, -0.2) is 29.9 Å². The Kier molecular flexibility index (Phi) is 2.85. The summed E-state index contributed by atoms with van der Waals surface area (Å²) in [6.07, 6.45) is 0. The average Bonchev–Trinajstić information content (AvgIpc) is 2.03. The number of quaternary nitrogens is 1. The maximum absolute atomic E-state index is 11.0. The second-order valence-electron chi connectivity index (χ2n) is 3.73. The van der Waals surface area contributed by atoms with Crippen molar-refractivity contribution in [1.29, 1.82) is 0 Å². The van der Waals surface area contributed by atoms with Gasteiger partial charge in [0, 0.05) is 6.07 Å². The number of para-hydroxylation sites is 1. The highest BCUT2D eigenvalue weighted by molar-refractivity contribution is 7.79. The zero-order valence-electron chi connectivity index (χ0n) is 8.02. The van der Waals surface area contributed by atoms with Crippen LogP contribution in [0.4, 0.5) is 5.69 Å². The molecule has 0 aliphatic carbocycles. The SMILES string of the molecule is C[N+](C)(C)c1ccccc1S(=O)O. The number of nitrogens with zero attached hydrogens (tertiary/aromatic N) is 1. The molecule has 0 aromatic heterocycles. The lowest BCUT2D eigenvalue weighted by Gasteiger charge is -2.24. The standard InChI is InChI=1S/C9H13NO2S/c1-10(2,3)8-6-4-5-7-9(8)13(11)12/h4-7H,1-3H3/p+1. The molecule has 1 rings (SSSR count). The fourth-order valence-corrected chi connectivity index (χ4v) is 1.87. The fourth-order valence-electron chi connectivity index (χ4n) is 1.16. The van der Waals surface area contributed by atoms with Crippen LogP contribution < -0.4 is 4.48 Å². The second kappa shape index (κ2) is 3.57. The molecule has 0 aliphatic rings. The van der Waals surface area contributed by atoms with Gasteiger partial charge in [-0.3, -0.25) is 4.48 Å². The van der Waals surface area contributed by atoms with Gasteiger partial charge in [0.15, 0.2) is 16.8 Å². The van der Waals surface area contributed by atoms with Crippen molar-refractivity contribution >= 4 is 16.8 Å². The summed E-state index contributed by atoms with van der Waals surface area (Å²) in [5.74, 6) is 0. The Morgan fingerprint density at radius 1 is 1.23 bits per heavy atom. The summed E-state index contributed by atoms with van der Waals surface area (Å²) < 4.78 is 20.5. The van der Waals surface area contributed by atoms with Crippen LogP contribution in [0.3, 0.4) is 0 Å². The van der Waals surface area contributed by atoms with E-state index in [0.717, 1.165) is 5.69 Å². The van der Waals surface area contributed by atoms with E-state index in [9.17, 15) is 4.21 Å². The second-order valence-corrected chi connectivity index (χ2v) is 4.67. The largest absolute Gasteiger partial charge is 0.302 e. The smallest absolute Gasteiger partial charge is 0.192 e. The predicted octanol–water partition coefficient (Wildman–Crippen LogP) is 1.46. The zero-order valence-corrected chi connectivity index (χ0v) is 8.84. The van der Waals surface area contributed by atoms with Crippen LogP contribution in [0, 0.1) is 0 Å². The first kappa shape index (κ1) is 10.4. The third-order valence-electron chi connectivity index (χ3n) is 1.78. The lowest BCUT2D eigenvalue weighted by atomic mass is 10.3. The van der Waals surface area contributed by atoms with Gasteiger partial charge in [-0.15, -0.1) is 0 Å². The molecule has 1 atom stereocenters.